The molecule has 0 aliphatic heterocycles. The van der Waals surface area contributed by atoms with Gasteiger partial charge in [-0.3, -0.25) is 4.98 Å². The molecular formula is C25H22N2O2. The molecule has 0 spiro atoms. The van der Waals surface area contributed by atoms with Crippen molar-refractivity contribution in [3.05, 3.63) is 95.3 Å². The molecule has 2 aromatic carbocycles. The molecule has 3 rings (SSSR count). The summed E-state index contributed by atoms with van der Waals surface area (Å²) in [5.74, 6) is 1.48. The first-order chi connectivity index (χ1) is 14.1. The van der Waals surface area contributed by atoms with E-state index in [9.17, 15) is 0 Å². The molecule has 0 N–H and O–H groups in total. The first-order valence-corrected chi connectivity index (χ1v) is 9.19. The van der Waals surface area contributed by atoms with E-state index < -0.39 is 0 Å². The number of nitriles is 1. The topological polar surface area (TPSA) is 55.1 Å². The predicted molar refractivity (Wildman–Crippen MR) is 116 cm³/mol. The van der Waals surface area contributed by atoms with Crippen LogP contribution in [-0.4, -0.2) is 12.1 Å². The maximum atomic E-state index is 8.93. The maximum Gasteiger partial charge on any atom is 0.152 e. The van der Waals surface area contributed by atoms with Crippen LogP contribution in [-0.2, 0) is 6.61 Å². The van der Waals surface area contributed by atoms with Crippen LogP contribution >= 0.6 is 0 Å². The zero-order valence-electron chi connectivity index (χ0n) is 16.6. The molecule has 0 fully saturated rings. The Hall–Kier alpha value is -3.84. The fourth-order valence-electron chi connectivity index (χ4n) is 2.83. The standard InChI is InChI=1S/C25H22N2O2/c1-18(2)23-13-14-27-24(12-11-19-7-9-20(16-26)10-8-19)25(23)29-17-21-5-4-6-22(15-21)28-3/h4-15H,1,17H2,2-3H3/b12-11+. The Morgan fingerprint density at radius 1 is 1.14 bits per heavy atom. The number of rotatable bonds is 7. The number of hydrogen-bond donors (Lipinski definition) is 0. The smallest absolute Gasteiger partial charge is 0.152 e. The quantitative estimate of drug-likeness (QED) is 0.522. The largest absolute Gasteiger partial charge is 0.497 e. The van der Waals surface area contributed by atoms with Crippen LogP contribution in [0.4, 0.5) is 0 Å². The van der Waals surface area contributed by atoms with E-state index in [1.807, 2.05) is 61.5 Å². The number of methoxy groups -OCH3 is 1. The summed E-state index contributed by atoms with van der Waals surface area (Å²) in [6, 6.07) is 19.2. The summed E-state index contributed by atoms with van der Waals surface area (Å²) in [7, 11) is 1.65. The lowest BCUT2D eigenvalue weighted by molar-refractivity contribution is 0.302. The Labute approximate surface area is 171 Å². The van der Waals surface area contributed by atoms with E-state index in [4.69, 9.17) is 14.7 Å². The van der Waals surface area contributed by atoms with Gasteiger partial charge in [0, 0.05) is 11.8 Å². The third kappa shape index (κ3) is 5.12. The summed E-state index contributed by atoms with van der Waals surface area (Å²) in [5.41, 5.74) is 5.15. The van der Waals surface area contributed by atoms with Crippen molar-refractivity contribution in [1.29, 1.82) is 5.26 Å². The molecule has 0 aliphatic carbocycles. The van der Waals surface area contributed by atoms with Crippen molar-refractivity contribution < 1.29 is 9.47 Å². The molecule has 144 valence electrons. The lowest BCUT2D eigenvalue weighted by Gasteiger charge is -2.14. The van der Waals surface area contributed by atoms with Crippen molar-refractivity contribution in [2.24, 2.45) is 0 Å². The van der Waals surface area contributed by atoms with Gasteiger partial charge >= 0.3 is 0 Å². The molecule has 0 saturated heterocycles. The molecule has 0 amide bonds. The number of allylic oxidation sites excluding steroid dienone is 1. The van der Waals surface area contributed by atoms with Crippen LogP contribution in [0.15, 0.2) is 67.4 Å². The number of ether oxygens (including phenoxy) is 2. The second-order valence-corrected chi connectivity index (χ2v) is 6.56. The first-order valence-electron chi connectivity index (χ1n) is 9.19. The summed E-state index contributed by atoms with van der Waals surface area (Å²) in [6.45, 7) is 6.40. The highest BCUT2D eigenvalue weighted by atomic mass is 16.5. The second kappa shape index (κ2) is 9.38. The van der Waals surface area contributed by atoms with Crippen LogP contribution in [0.25, 0.3) is 17.7 Å². The van der Waals surface area contributed by atoms with Crippen LogP contribution in [0.5, 0.6) is 11.5 Å². The highest BCUT2D eigenvalue weighted by Crippen LogP contribution is 2.30. The van der Waals surface area contributed by atoms with E-state index >= 15 is 0 Å². The van der Waals surface area contributed by atoms with Crippen molar-refractivity contribution in [2.45, 2.75) is 13.5 Å². The number of nitrogens with zero attached hydrogens (tertiary/aromatic N) is 2. The zero-order chi connectivity index (χ0) is 20.6. The molecule has 29 heavy (non-hydrogen) atoms. The molecule has 3 aromatic rings. The monoisotopic (exact) mass is 382 g/mol. The Morgan fingerprint density at radius 2 is 1.93 bits per heavy atom. The Balaban J connectivity index is 1.88. The second-order valence-electron chi connectivity index (χ2n) is 6.56. The molecule has 0 saturated carbocycles. The predicted octanol–water partition coefficient (Wildman–Crippen LogP) is 5.74. The van der Waals surface area contributed by atoms with E-state index in [0.29, 0.717) is 17.9 Å². The molecule has 0 atom stereocenters. The van der Waals surface area contributed by atoms with Gasteiger partial charge in [-0.05, 0) is 60.0 Å². The van der Waals surface area contributed by atoms with Crippen molar-refractivity contribution >= 4 is 17.7 Å². The van der Waals surface area contributed by atoms with Gasteiger partial charge in [-0.1, -0.05) is 36.9 Å². The highest BCUT2D eigenvalue weighted by molar-refractivity contribution is 5.76. The molecule has 4 nitrogen and oxygen atoms in total. The van der Waals surface area contributed by atoms with E-state index in [-0.39, 0.29) is 0 Å². The minimum atomic E-state index is 0.390. The minimum Gasteiger partial charge on any atom is -0.497 e. The van der Waals surface area contributed by atoms with E-state index in [1.54, 1.807) is 25.4 Å². The summed E-state index contributed by atoms with van der Waals surface area (Å²) < 4.78 is 11.5. The van der Waals surface area contributed by atoms with Gasteiger partial charge in [0.05, 0.1) is 18.7 Å². The molecule has 0 aliphatic rings. The summed E-state index contributed by atoms with van der Waals surface area (Å²) in [6.07, 6.45) is 5.61. The van der Waals surface area contributed by atoms with E-state index in [1.165, 1.54) is 0 Å². The van der Waals surface area contributed by atoms with Crippen molar-refractivity contribution in [1.82, 2.24) is 4.98 Å². The molecule has 1 heterocycles. The molecule has 4 heteroatoms. The third-order valence-electron chi connectivity index (χ3n) is 4.38. The Bertz CT molecular complexity index is 1080. The summed E-state index contributed by atoms with van der Waals surface area (Å²) in [4.78, 5) is 4.49. The Morgan fingerprint density at radius 3 is 2.62 bits per heavy atom. The van der Waals surface area contributed by atoms with Gasteiger partial charge in [0.15, 0.2) is 5.75 Å². The normalized spacial score (nSPS) is 10.5. The summed E-state index contributed by atoms with van der Waals surface area (Å²) >= 11 is 0. The van der Waals surface area contributed by atoms with Gasteiger partial charge in [0.25, 0.3) is 0 Å². The van der Waals surface area contributed by atoms with Gasteiger partial charge in [-0.15, -0.1) is 0 Å². The summed E-state index contributed by atoms with van der Waals surface area (Å²) in [5, 5.41) is 8.93. The SMILES string of the molecule is C=C(C)c1ccnc(/C=C/c2ccc(C#N)cc2)c1OCc1cccc(OC)c1. The molecule has 0 unspecified atom stereocenters. The number of aromatic nitrogens is 1. The Kier molecular flexibility index (Phi) is 6.44. The molecule has 1 aromatic heterocycles. The highest BCUT2D eigenvalue weighted by Gasteiger charge is 2.11. The lowest BCUT2D eigenvalue weighted by Crippen LogP contribution is -2.01. The van der Waals surface area contributed by atoms with Crippen LogP contribution in [0, 0.1) is 11.3 Å². The number of pyridine rings is 1. The van der Waals surface area contributed by atoms with E-state index in [0.717, 1.165) is 33.7 Å². The lowest BCUT2D eigenvalue weighted by atomic mass is 10.1. The van der Waals surface area contributed by atoms with Crippen molar-refractivity contribution in [3.63, 3.8) is 0 Å². The average molecular weight is 382 g/mol. The van der Waals surface area contributed by atoms with Gasteiger partial charge < -0.3 is 9.47 Å². The molecular weight excluding hydrogens is 360 g/mol. The van der Waals surface area contributed by atoms with Gasteiger partial charge in [-0.2, -0.15) is 5.26 Å². The minimum absolute atomic E-state index is 0.390. The molecule has 0 radical (unpaired) electrons. The van der Waals surface area contributed by atoms with E-state index in [2.05, 4.69) is 17.6 Å². The third-order valence-corrected chi connectivity index (χ3v) is 4.38. The van der Waals surface area contributed by atoms with Crippen LogP contribution in [0.1, 0.15) is 34.9 Å². The van der Waals surface area contributed by atoms with Crippen LogP contribution in [0.3, 0.4) is 0 Å². The van der Waals surface area contributed by atoms with Gasteiger partial charge in [0.1, 0.15) is 18.1 Å². The van der Waals surface area contributed by atoms with Crippen molar-refractivity contribution in [2.75, 3.05) is 7.11 Å². The maximum absolute atomic E-state index is 8.93. The average Bonchev–Trinajstić information content (AvgIpc) is 2.76. The number of benzene rings is 2. The number of hydrogen-bond acceptors (Lipinski definition) is 4. The van der Waals surface area contributed by atoms with Gasteiger partial charge in [0.2, 0.25) is 0 Å². The van der Waals surface area contributed by atoms with Crippen LogP contribution < -0.4 is 9.47 Å². The van der Waals surface area contributed by atoms with Gasteiger partial charge in [-0.25, -0.2) is 0 Å². The van der Waals surface area contributed by atoms with Crippen molar-refractivity contribution in [3.8, 4) is 17.6 Å². The zero-order valence-corrected chi connectivity index (χ0v) is 16.6. The fraction of sp³-hybridized carbons (Fsp3) is 0.120. The molecule has 0 bridgehead atoms. The van der Waals surface area contributed by atoms with Crippen LogP contribution in [0.2, 0.25) is 0 Å². The fourth-order valence-corrected chi connectivity index (χ4v) is 2.83. The first kappa shape index (κ1) is 19.9.